The molecule has 8 heteroatoms. The Hall–Kier alpha value is -3.84. The Labute approximate surface area is 230 Å². The fraction of sp³-hybridized carbons (Fsp3) is 0.290. The lowest BCUT2D eigenvalue weighted by molar-refractivity contribution is -0.122. The number of esters is 1. The summed E-state index contributed by atoms with van der Waals surface area (Å²) in [5.74, 6) is -2.81. The molecule has 1 aliphatic carbocycles. The topological polar surface area (TPSA) is 80.8 Å². The molecule has 5 rings (SSSR count). The molecule has 3 aromatic carbocycles. The minimum absolute atomic E-state index is 0.0639. The quantitative estimate of drug-likeness (QED) is 0.151. The predicted molar refractivity (Wildman–Crippen MR) is 144 cm³/mol. The van der Waals surface area contributed by atoms with Crippen molar-refractivity contribution in [2.75, 3.05) is 10.8 Å². The van der Waals surface area contributed by atoms with Crippen LogP contribution in [0.5, 0.6) is 0 Å². The zero-order chi connectivity index (χ0) is 27.5. The number of anilines is 1. The average molecular weight is 548 g/mol. The summed E-state index contributed by atoms with van der Waals surface area (Å²) in [6.07, 6.45) is 0.950. The Bertz CT molecular complexity index is 1390. The summed E-state index contributed by atoms with van der Waals surface area (Å²) < 4.78 is 18.8. The molecule has 4 atom stereocenters. The van der Waals surface area contributed by atoms with Gasteiger partial charge in [-0.2, -0.15) is 0 Å². The van der Waals surface area contributed by atoms with E-state index < -0.39 is 29.6 Å². The fourth-order valence-corrected chi connectivity index (χ4v) is 5.77. The normalized spacial score (nSPS) is 21.4. The van der Waals surface area contributed by atoms with Crippen LogP contribution in [-0.2, 0) is 14.3 Å². The molecule has 6 nitrogen and oxygen atoms in total. The van der Waals surface area contributed by atoms with Crippen LogP contribution >= 0.6 is 11.6 Å². The molecule has 39 heavy (non-hydrogen) atoms. The molecule has 1 saturated carbocycles. The number of fused-ring (bicyclic) bond motifs is 1. The molecule has 0 bridgehead atoms. The Morgan fingerprint density at radius 1 is 0.897 bits per heavy atom. The van der Waals surface area contributed by atoms with Gasteiger partial charge in [-0.1, -0.05) is 36.4 Å². The van der Waals surface area contributed by atoms with E-state index in [1.165, 1.54) is 34.7 Å². The van der Waals surface area contributed by atoms with Crippen molar-refractivity contribution in [3.8, 4) is 0 Å². The maximum Gasteiger partial charge on any atom is 0.338 e. The third kappa shape index (κ3) is 5.50. The second-order valence-corrected chi connectivity index (χ2v) is 10.3. The van der Waals surface area contributed by atoms with E-state index in [-0.39, 0.29) is 47.1 Å². The number of alkyl halides is 1. The number of rotatable bonds is 8. The van der Waals surface area contributed by atoms with Gasteiger partial charge in [-0.3, -0.25) is 19.3 Å². The molecule has 0 N–H and O–H groups in total. The van der Waals surface area contributed by atoms with Gasteiger partial charge in [-0.15, -0.1) is 11.6 Å². The molecule has 2 fully saturated rings. The standard InChI is InChI=1S/C31H27ClFNO5/c32-16-15-27(28(35)20-9-12-23(33)13-10-20)39-31(38)22-7-4-8-24(17-22)34-29(36)25-14-11-21(18-26(25)30(34)37)19-5-2-1-3-6-19/h1-10,12-13,17,21,25-27H,11,14-16,18H2/t21-,25+,26-,27+/m0/s1. The number of hydrogen-bond donors (Lipinski definition) is 0. The molecular weight excluding hydrogens is 521 g/mol. The highest BCUT2D eigenvalue weighted by Gasteiger charge is 2.50. The molecule has 200 valence electrons. The Morgan fingerprint density at radius 3 is 2.33 bits per heavy atom. The van der Waals surface area contributed by atoms with E-state index in [1.54, 1.807) is 12.1 Å². The van der Waals surface area contributed by atoms with Gasteiger partial charge in [0.05, 0.1) is 23.1 Å². The first kappa shape index (κ1) is 26.8. The van der Waals surface area contributed by atoms with Gasteiger partial charge in [0.1, 0.15) is 5.82 Å². The van der Waals surface area contributed by atoms with Gasteiger partial charge in [-0.25, -0.2) is 9.18 Å². The highest BCUT2D eigenvalue weighted by Crippen LogP contribution is 2.45. The van der Waals surface area contributed by atoms with Crippen molar-refractivity contribution >= 4 is 40.9 Å². The highest BCUT2D eigenvalue weighted by molar-refractivity contribution is 6.22. The SMILES string of the molecule is O=C(O[C@H](CCCl)C(=O)c1ccc(F)cc1)c1cccc(N2C(=O)[C@H]3C[C@@H](c4ccccc4)CC[C@H]3C2=O)c1. The number of nitrogens with zero attached hydrogens (tertiary/aromatic N) is 1. The number of carbonyl (C=O) groups excluding carboxylic acids is 4. The molecule has 0 aromatic heterocycles. The van der Waals surface area contributed by atoms with Gasteiger partial charge in [0.25, 0.3) is 0 Å². The van der Waals surface area contributed by atoms with Crippen LogP contribution in [0, 0.1) is 17.7 Å². The van der Waals surface area contributed by atoms with E-state index in [1.807, 2.05) is 18.2 Å². The number of ether oxygens (including phenoxy) is 1. The summed E-state index contributed by atoms with van der Waals surface area (Å²) in [5, 5.41) is 0. The molecular formula is C31H27ClFNO5. The largest absolute Gasteiger partial charge is 0.450 e. The van der Waals surface area contributed by atoms with E-state index in [9.17, 15) is 23.6 Å². The van der Waals surface area contributed by atoms with Gasteiger partial charge >= 0.3 is 5.97 Å². The predicted octanol–water partition coefficient (Wildman–Crippen LogP) is 5.94. The van der Waals surface area contributed by atoms with Gasteiger partial charge in [0, 0.05) is 17.9 Å². The van der Waals surface area contributed by atoms with Gasteiger partial charge < -0.3 is 4.74 Å². The summed E-state index contributed by atoms with van der Waals surface area (Å²) in [5.41, 5.74) is 1.75. The van der Waals surface area contributed by atoms with Crippen molar-refractivity contribution in [2.24, 2.45) is 11.8 Å². The van der Waals surface area contributed by atoms with Crippen LogP contribution in [0.2, 0.25) is 0 Å². The lowest BCUT2D eigenvalue weighted by Crippen LogP contribution is -2.31. The fourth-order valence-electron chi connectivity index (χ4n) is 5.57. The Balaban J connectivity index is 1.32. The van der Waals surface area contributed by atoms with E-state index in [0.717, 1.165) is 18.6 Å². The van der Waals surface area contributed by atoms with Crippen LogP contribution < -0.4 is 4.90 Å². The van der Waals surface area contributed by atoms with Crippen molar-refractivity contribution in [3.63, 3.8) is 0 Å². The highest BCUT2D eigenvalue weighted by atomic mass is 35.5. The van der Waals surface area contributed by atoms with E-state index in [0.29, 0.717) is 18.5 Å². The Kier molecular flexibility index (Phi) is 7.89. The average Bonchev–Trinajstić information content (AvgIpc) is 3.22. The molecule has 3 aromatic rings. The van der Waals surface area contributed by atoms with Gasteiger partial charge in [-0.05, 0) is 73.2 Å². The smallest absolute Gasteiger partial charge is 0.338 e. The molecule has 2 amide bonds. The maximum absolute atomic E-state index is 13.4. The Morgan fingerprint density at radius 2 is 1.62 bits per heavy atom. The number of Topliss-reactive ketones (excluding diaryl/α,β-unsaturated/α-hetero) is 1. The van der Waals surface area contributed by atoms with Crippen molar-refractivity contribution in [1.82, 2.24) is 0 Å². The van der Waals surface area contributed by atoms with Crippen LogP contribution in [0.4, 0.5) is 10.1 Å². The zero-order valence-corrected chi connectivity index (χ0v) is 21.9. The summed E-state index contributed by atoms with van der Waals surface area (Å²) in [6.45, 7) is 0. The summed E-state index contributed by atoms with van der Waals surface area (Å²) in [6, 6.07) is 21.1. The minimum atomic E-state index is -1.17. The van der Waals surface area contributed by atoms with Crippen molar-refractivity contribution in [2.45, 2.75) is 37.7 Å². The van der Waals surface area contributed by atoms with Crippen LogP contribution in [0.3, 0.4) is 0 Å². The van der Waals surface area contributed by atoms with Crippen LogP contribution in [0.1, 0.15) is 57.9 Å². The third-order valence-corrected chi connectivity index (χ3v) is 7.80. The zero-order valence-electron chi connectivity index (χ0n) is 21.1. The molecule has 0 unspecified atom stereocenters. The van der Waals surface area contributed by atoms with Gasteiger partial charge in [0.15, 0.2) is 6.10 Å². The van der Waals surface area contributed by atoms with E-state index >= 15 is 0 Å². The number of hydrogen-bond acceptors (Lipinski definition) is 5. The molecule has 1 aliphatic heterocycles. The number of amides is 2. The summed E-state index contributed by atoms with van der Waals surface area (Å²) in [4.78, 5) is 53.9. The molecule has 0 spiro atoms. The summed E-state index contributed by atoms with van der Waals surface area (Å²) in [7, 11) is 0. The van der Waals surface area contributed by atoms with E-state index in [4.69, 9.17) is 16.3 Å². The molecule has 2 aliphatic rings. The van der Waals surface area contributed by atoms with Crippen LogP contribution in [0.15, 0.2) is 78.9 Å². The van der Waals surface area contributed by atoms with Crippen molar-refractivity contribution in [3.05, 3.63) is 101 Å². The van der Waals surface area contributed by atoms with Crippen LogP contribution in [0.25, 0.3) is 0 Å². The van der Waals surface area contributed by atoms with Crippen LogP contribution in [-0.4, -0.2) is 35.6 Å². The van der Waals surface area contributed by atoms with Crippen molar-refractivity contribution in [1.29, 1.82) is 0 Å². The monoisotopic (exact) mass is 547 g/mol. The maximum atomic E-state index is 13.4. The number of ketones is 1. The first-order chi connectivity index (χ1) is 18.9. The van der Waals surface area contributed by atoms with Crippen molar-refractivity contribution < 1.29 is 28.3 Å². The number of imide groups is 1. The number of carbonyl (C=O) groups is 4. The summed E-state index contributed by atoms with van der Waals surface area (Å²) >= 11 is 5.85. The lowest BCUT2D eigenvalue weighted by atomic mass is 9.73. The first-order valence-electron chi connectivity index (χ1n) is 13.0. The second-order valence-electron chi connectivity index (χ2n) is 9.94. The molecule has 1 saturated heterocycles. The first-order valence-corrected chi connectivity index (χ1v) is 13.5. The van der Waals surface area contributed by atoms with E-state index in [2.05, 4.69) is 12.1 Å². The molecule has 1 heterocycles. The number of benzene rings is 3. The number of halogens is 2. The third-order valence-electron chi connectivity index (χ3n) is 7.58. The second kappa shape index (κ2) is 11.5. The minimum Gasteiger partial charge on any atom is -0.450 e. The molecule has 0 radical (unpaired) electrons. The lowest BCUT2D eigenvalue weighted by Gasteiger charge is -2.28. The van der Waals surface area contributed by atoms with Gasteiger partial charge in [0.2, 0.25) is 17.6 Å².